The minimum absolute atomic E-state index is 0.0130. The van der Waals surface area contributed by atoms with E-state index < -0.39 is 10.0 Å². The molecule has 2 aromatic rings. The van der Waals surface area contributed by atoms with Gasteiger partial charge in [-0.3, -0.25) is 9.10 Å². The standard InChI is InChI=1S/C30H44N2O4S/c1-6-30(18-8-7-9-19-30)29(34)31-24(5)12-13-25-14-17-27(28(33)20-25)32(21-22(2)3)37(35,36)26-15-10-23(4)11-16-26/h10-11,14-17,20,22,24,33H,6-9,12-13,18-19,21H2,1-5H3,(H,31,34)/t24-/m0/s1. The van der Waals surface area contributed by atoms with E-state index in [4.69, 9.17) is 0 Å². The molecule has 3 rings (SSSR count). The van der Waals surface area contributed by atoms with Crippen LogP contribution < -0.4 is 9.62 Å². The Kier molecular flexibility index (Phi) is 9.68. The highest BCUT2D eigenvalue weighted by Gasteiger charge is 2.38. The van der Waals surface area contributed by atoms with Gasteiger partial charge in [0.2, 0.25) is 5.91 Å². The molecule has 7 heteroatoms. The van der Waals surface area contributed by atoms with Gasteiger partial charge in [0.25, 0.3) is 10.0 Å². The summed E-state index contributed by atoms with van der Waals surface area (Å²) in [6, 6.07) is 12.0. The van der Waals surface area contributed by atoms with Gasteiger partial charge >= 0.3 is 0 Å². The van der Waals surface area contributed by atoms with Crippen molar-refractivity contribution >= 4 is 21.6 Å². The summed E-state index contributed by atoms with van der Waals surface area (Å²) in [4.78, 5) is 13.3. The molecular weight excluding hydrogens is 484 g/mol. The average Bonchev–Trinajstić information content (AvgIpc) is 2.87. The number of hydrogen-bond acceptors (Lipinski definition) is 4. The number of anilines is 1. The minimum Gasteiger partial charge on any atom is -0.506 e. The Morgan fingerprint density at radius 2 is 1.70 bits per heavy atom. The minimum atomic E-state index is -3.83. The molecule has 2 aromatic carbocycles. The van der Waals surface area contributed by atoms with Gasteiger partial charge in [-0.25, -0.2) is 8.42 Å². The van der Waals surface area contributed by atoms with Crippen LogP contribution in [0.15, 0.2) is 47.4 Å². The predicted octanol–water partition coefficient (Wildman–Crippen LogP) is 6.35. The molecule has 1 saturated carbocycles. The maximum absolute atomic E-state index is 13.5. The molecule has 0 unspecified atom stereocenters. The van der Waals surface area contributed by atoms with Gasteiger partial charge < -0.3 is 10.4 Å². The van der Waals surface area contributed by atoms with Gasteiger partial charge in [0.05, 0.1) is 10.6 Å². The lowest BCUT2D eigenvalue weighted by Crippen LogP contribution is -2.45. The Bertz CT molecular complexity index is 1150. The lowest BCUT2D eigenvalue weighted by Gasteiger charge is -2.36. The van der Waals surface area contributed by atoms with Crippen molar-refractivity contribution in [3.05, 3.63) is 53.6 Å². The topological polar surface area (TPSA) is 86.7 Å². The maximum Gasteiger partial charge on any atom is 0.264 e. The van der Waals surface area contributed by atoms with Gasteiger partial charge in [0.15, 0.2) is 0 Å². The van der Waals surface area contributed by atoms with Crippen LogP contribution in [0.4, 0.5) is 5.69 Å². The van der Waals surface area contributed by atoms with E-state index in [0.29, 0.717) is 6.42 Å². The van der Waals surface area contributed by atoms with Gasteiger partial charge in [-0.1, -0.05) is 63.8 Å². The first-order valence-corrected chi connectivity index (χ1v) is 15.1. The summed E-state index contributed by atoms with van der Waals surface area (Å²) in [5.41, 5.74) is 1.94. The quantitative estimate of drug-likeness (QED) is 0.356. The molecule has 1 amide bonds. The number of benzene rings is 2. The zero-order valence-corrected chi connectivity index (χ0v) is 23.9. The van der Waals surface area contributed by atoms with Crippen LogP contribution in [0.25, 0.3) is 0 Å². The number of aromatic hydroxyl groups is 1. The van der Waals surface area contributed by atoms with E-state index in [-0.39, 0.29) is 46.2 Å². The van der Waals surface area contributed by atoms with Gasteiger partial charge in [-0.05, 0) is 81.7 Å². The van der Waals surface area contributed by atoms with E-state index in [2.05, 4.69) is 12.2 Å². The molecule has 0 spiro atoms. The number of sulfonamides is 1. The Morgan fingerprint density at radius 1 is 1.05 bits per heavy atom. The van der Waals surface area contributed by atoms with Gasteiger partial charge in [0, 0.05) is 18.0 Å². The van der Waals surface area contributed by atoms with Gasteiger partial charge in [0.1, 0.15) is 5.75 Å². The van der Waals surface area contributed by atoms with E-state index in [1.165, 1.54) is 10.7 Å². The number of amides is 1. The fraction of sp³-hybridized carbons (Fsp3) is 0.567. The Balaban J connectivity index is 1.71. The van der Waals surface area contributed by atoms with Gasteiger partial charge in [-0.15, -0.1) is 0 Å². The zero-order valence-electron chi connectivity index (χ0n) is 23.1. The molecule has 0 radical (unpaired) electrons. The fourth-order valence-electron chi connectivity index (χ4n) is 5.23. The second kappa shape index (κ2) is 12.3. The number of phenolic OH excluding ortho intramolecular Hbond substituents is 1. The first-order chi connectivity index (χ1) is 17.5. The first kappa shape index (κ1) is 29.0. The number of aryl methyl sites for hydroxylation is 2. The van der Waals surface area contributed by atoms with Crippen LogP contribution in [0, 0.1) is 18.3 Å². The SMILES string of the molecule is CCC1(C(=O)N[C@@H](C)CCc2ccc(N(CC(C)C)S(=O)(=O)c3ccc(C)cc3)c(O)c2)CCCCC1. The van der Waals surface area contributed by atoms with E-state index in [1.807, 2.05) is 33.8 Å². The lowest BCUT2D eigenvalue weighted by atomic mass is 9.71. The van der Waals surface area contributed by atoms with Crippen molar-refractivity contribution in [3.8, 4) is 5.75 Å². The van der Waals surface area contributed by atoms with Crippen LogP contribution >= 0.6 is 0 Å². The summed E-state index contributed by atoms with van der Waals surface area (Å²) in [5, 5.41) is 14.1. The number of carbonyl (C=O) groups excluding carboxylic acids is 1. The molecule has 0 saturated heterocycles. The van der Waals surface area contributed by atoms with Crippen LogP contribution in [-0.2, 0) is 21.2 Å². The Morgan fingerprint density at radius 3 is 2.27 bits per heavy atom. The second-order valence-electron chi connectivity index (χ2n) is 11.2. The van der Waals surface area contributed by atoms with Crippen LogP contribution in [0.3, 0.4) is 0 Å². The van der Waals surface area contributed by atoms with Crippen molar-refractivity contribution in [1.29, 1.82) is 0 Å². The molecule has 0 bridgehead atoms. The van der Waals surface area contributed by atoms with Crippen molar-refractivity contribution < 1.29 is 18.3 Å². The summed E-state index contributed by atoms with van der Waals surface area (Å²) in [7, 11) is -3.83. The van der Waals surface area contributed by atoms with Crippen molar-refractivity contribution in [2.45, 2.75) is 96.9 Å². The van der Waals surface area contributed by atoms with Gasteiger partial charge in [-0.2, -0.15) is 0 Å². The molecule has 0 aromatic heterocycles. The highest BCUT2D eigenvalue weighted by atomic mass is 32.2. The molecule has 1 fully saturated rings. The van der Waals surface area contributed by atoms with E-state index in [0.717, 1.165) is 49.7 Å². The van der Waals surface area contributed by atoms with Crippen molar-refractivity contribution in [3.63, 3.8) is 0 Å². The third kappa shape index (κ3) is 7.07. The maximum atomic E-state index is 13.5. The van der Waals surface area contributed by atoms with E-state index >= 15 is 0 Å². The van der Waals surface area contributed by atoms with Crippen molar-refractivity contribution in [2.24, 2.45) is 11.3 Å². The predicted molar refractivity (Wildman–Crippen MR) is 150 cm³/mol. The Hall–Kier alpha value is -2.54. The molecule has 6 nitrogen and oxygen atoms in total. The number of nitrogens with one attached hydrogen (secondary N) is 1. The zero-order chi connectivity index (χ0) is 27.2. The largest absolute Gasteiger partial charge is 0.506 e. The van der Waals surface area contributed by atoms with Crippen LogP contribution in [0.2, 0.25) is 0 Å². The number of rotatable bonds is 11. The molecule has 1 aliphatic rings. The molecular formula is C30H44N2O4S. The first-order valence-electron chi connectivity index (χ1n) is 13.7. The fourth-order valence-corrected chi connectivity index (χ4v) is 6.87. The summed E-state index contributed by atoms with van der Waals surface area (Å²) in [5.74, 6) is 0.183. The van der Waals surface area contributed by atoms with Crippen molar-refractivity contribution in [1.82, 2.24) is 5.32 Å². The molecule has 2 N–H and O–H groups in total. The summed E-state index contributed by atoms with van der Waals surface area (Å²) >= 11 is 0. The van der Waals surface area contributed by atoms with E-state index in [9.17, 15) is 18.3 Å². The lowest BCUT2D eigenvalue weighted by molar-refractivity contribution is -0.133. The molecule has 204 valence electrons. The Labute approximate surface area is 223 Å². The normalized spacial score (nSPS) is 16.4. The number of carbonyl (C=O) groups is 1. The van der Waals surface area contributed by atoms with Crippen LogP contribution in [0.1, 0.15) is 83.8 Å². The summed E-state index contributed by atoms with van der Waals surface area (Å²) in [6.45, 7) is 10.2. The smallest absolute Gasteiger partial charge is 0.264 e. The van der Waals surface area contributed by atoms with Crippen molar-refractivity contribution in [2.75, 3.05) is 10.8 Å². The highest BCUT2D eigenvalue weighted by Crippen LogP contribution is 2.39. The molecule has 1 aliphatic carbocycles. The third-order valence-corrected chi connectivity index (χ3v) is 9.46. The number of phenols is 1. The van der Waals surface area contributed by atoms with Crippen LogP contribution in [0.5, 0.6) is 5.75 Å². The average molecular weight is 529 g/mol. The highest BCUT2D eigenvalue weighted by molar-refractivity contribution is 7.92. The summed E-state index contributed by atoms with van der Waals surface area (Å²) < 4.78 is 28.3. The second-order valence-corrected chi connectivity index (χ2v) is 13.0. The third-order valence-electron chi connectivity index (χ3n) is 7.66. The molecule has 0 aliphatic heterocycles. The monoisotopic (exact) mass is 528 g/mol. The summed E-state index contributed by atoms with van der Waals surface area (Å²) in [6.07, 6.45) is 7.67. The van der Waals surface area contributed by atoms with E-state index in [1.54, 1.807) is 36.4 Å². The van der Waals surface area contributed by atoms with Crippen LogP contribution in [-0.4, -0.2) is 32.0 Å². The molecule has 37 heavy (non-hydrogen) atoms. The molecule has 0 heterocycles. The molecule has 1 atom stereocenters. The number of hydrogen-bond donors (Lipinski definition) is 2. The number of nitrogens with zero attached hydrogens (tertiary/aromatic N) is 1.